The van der Waals surface area contributed by atoms with Crippen molar-refractivity contribution in [2.24, 2.45) is 0 Å². The molecule has 3 rings (SSSR count). The molecule has 0 N–H and O–H groups in total. The van der Waals surface area contributed by atoms with Crippen LogP contribution in [0.3, 0.4) is 0 Å². The summed E-state index contributed by atoms with van der Waals surface area (Å²) in [4.78, 5) is 16.7. The highest BCUT2D eigenvalue weighted by molar-refractivity contribution is 9.10. The quantitative estimate of drug-likeness (QED) is 0.743. The van der Waals surface area contributed by atoms with Crippen molar-refractivity contribution in [2.75, 3.05) is 31.1 Å². The van der Waals surface area contributed by atoms with Gasteiger partial charge in [0.25, 0.3) is 0 Å². The van der Waals surface area contributed by atoms with Crippen LogP contribution in [0.5, 0.6) is 0 Å². The summed E-state index contributed by atoms with van der Waals surface area (Å²) in [6.45, 7) is 5.40. The number of anilines is 1. The van der Waals surface area contributed by atoms with Crippen molar-refractivity contribution in [3.63, 3.8) is 0 Å². The fraction of sp³-hybridized carbons (Fsp3) is 0.250. The third kappa shape index (κ3) is 4.06. The molecule has 0 saturated carbocycles. The lowest BCUT2D eigenvalue weighted by molar-refractivity contribution is -0.126. The van der Waals surface area contributed by atoms with E-state index in [2.05, 4.69) is 52.0 Å². The molecule has 2 aromatic rings. The van der Waals surface area contributed by atoms with Crippen LogP contribution in [0.15, 0.2) is 59.1 Å². The molecule has 0 aliphatic carbocycles. The molecule has 3 nitrogen and oxygen atoms in total. The fourth-order valence-corrected chi connectivity index (χ4v) is 3.39. The van der Waals surface area contributed by atoms with Gasteiger partial charge in [-0.15, -0.1) is 0 Å². The molecule has 1 saturated heterocycles. The van der Waals surface area contributed by atoms with Crippen LogP contribution >= 0.6 is 15.9 Å². The van der Waals surface area contributed by atoms with Gasteiger partial charge in [-0.25, -0.2) is 0 Å². The lowest BCUT2D eigenvalue weighted by atomic mass is 10.1. The van der Waals surface area contributed by atoms with Crippen LogP contribution in [0.4, 0.5) is 5.69 Å². The third-order valence-electron chi connectivity index (χ3n) is 4.31. The second kappa shape index (κ2) is 7.67. The average molecular weight is 385 g/mol. The number of para-hydroxylation sites is 1. The number of halogens is 1. The molecule has 1 heterocycles. The number of benzene rings is 2. The second-order valence-corrected chi connectivity index (χ2v) is 6.90. The first kappa shape index (κ1) is 16.8. The van der Waals surface area contributed by atoms with E-state index in [9.17, 15) is 4.79 Å². The average Bonchev–Trinajstić information content (AvgIpc) is 2.60. The predicted octanol–water partition coefficient (Wildman–Crippen LogP) is 4.12. The summed E-state index contributed by atoms with van der Waals surface area (Å²) in [6.07, 6.45) is 3.55. The Morgan fingerprint density at radius 3 is 2.50 bits per heavy atom. The normalized spacial score (nSPS) is 15.1. The van der Waals surface area contributed by atoms with Gasteiger partial charge in [0.2, 0.25) is 5.91 Å². The van der Waals surface area contributed by atoms with Crippen molar-refractivity contribution in [1.82, 2.24) is 4.90 Å². The molecule has 1 aliphatic rings. The molecule has 0 atom stereocenters. The van der Waals surface area contributed by atoms with Gasteiger partial charge in [0.05, 0.1) is 0 Å². The zero-order chi connectivity index (χ0) is 16.9. The number of carbonyl (C=O) groups excluding carboxylic acids is 1. The number of hydrogen-bond donors (Lipinski definition) is 0. The van der Waals surface area contributed by atoms with E-state index in [0.717, 1.165) is 36.2 Å². The minimum absolute atomic E-state index is 0.0828. The van der Waals surface area contributed by atoms with E-state index in [1.807, 2.05) is 35.2 Å². The highest BCUT2D eigenvalue weighted by atomic mass is 79.9. The third-order valence-corrected chi connectivity index (χ3v) is 4.81. The SMILES string of the molecule is Cc1ccccc1N1CCN(C(=O)/C=C/c2cccc(Br)c2)CC1. The Hall–Kier alpha value is -2.07. The van der Waals surface area contributed by atoms with Crippen molar-refractivity contribution in [3.05, 3.63) is 70.2 Å². The summed E-state index contributed by atoms with van der Waals surface area (Å²) in [7, 11) is 0. The zero-order valence-electron chi connectivity index (χ0n) is 13.8. The van der Waals surface area contributed by atoms with Gasteiger partial charge in [0.1, 0.15) is 0 Å². The van der Waals surface area contributed by atoms with Crippen LogP contribution in [-0.2, 0) is 4.79 Å². The molecular formula is C20H21BrN2O. The molecular weight excluding hydrogens is 364 g/mol. The Morgan fingerprint density at radius 1 is 1.04 bits per heavy atom. The summed E-state index contributed by atoms with van der Waals surface area (Å²) in [5, 5.41) is 0. The Balaban J connectivity index is 1.58. The monoisotopic (exact) mass is 384 g/mol. The smallest absolute Gasteiger partial charge is 0.246 e. The molecule has 0 unspecified atom stereocenters. The van der Waals surface area contributed by atoms with Gasteiger partial charge in [-0.2, -0.15) is 0 Å². The summed E-state index contributed by atoms with van der Waals surface area (Å²) >= 11 is 3.45. The van der Waals surface area contributed by atoms with Gasteiger partial charge in [-0.05, 0) is 42.3 Å². The molecule has 1 amide bonds. The zero-order valence-corrected chi connectivity index (χ0v) is 15.4. The Morgan fingerprint density at radius 2 is 1.79 bits per heavy atom. The molecule has 0 bridgehead atoms. The van der Waals surface area contributed by atoms with E-state index < -0.39 is 0 Å². The van der Waals surface area contributed by atoms with Crippen molar-refractivity contribution >= 4 is 33.6 Å². The van der Waals surface area contributed by atoms with Gasteiger partial charge in [-0.3, -0.25) is 4.79 Å². The molecule has 24 heavy (non-hydrogen) atoms. The fourth-order valence-electron chi connectivity index (χ4n) is 2.97. The molecule has 0 aromatic heterocycles. The predicted molar refractivity (Wildman–Crippen MR) is 103 cm³/mol. The van der Waals surface area contributed by atoms with Gasteiger partial charge in [0.15, 0.2) is 0 Å². The van der Waals surface area contributed by atoms with Crippen LogP contribution in [0.1, 0.15) is 11.1 Å². The first-order valence-electron chi connectivity index (χ1n) is 8.16. The largest absolute Gasteiger partial charge is 0.368 e. The van der Waals surface area contributed by atoms with Crippen molar-refractivity contribution < 1.29 is 4.79 Å². The number of aryl methyl sites for hydroxylation is 1. The molecule has 1 fully saturated rings. The Bertz CT molecular complexity index is 749. The van der Waals surface area contributed by atoms with E-state index in [-0.39, 0.29) is 5.91 Å². The molecule has 0 spiro atoms. The van der Waals surface area contributed by atoms with E-state index in [4.69, 9.17) is 0 Å². The number of amides is 1. The molecule has 124 valence electrons. The highest BCUT2D eigenvalue weighted by Crippen LogP contribution is 2.21. The maximum Gasteiger partial charge on any atom is 0.246 e. The number of piperazine rings is 1. The van der Waals surface area contributed by atoms with Crippen molar-refractivity contribution in [1.29, 1.82) is 0 Å². The second-order valence-electron chi connectivity index (χ2n) is 5.99. The molecule has 0 radical (unpaired) electrons. The van der Waals surface area contributed by atoms with E-state index in [1.54, 1.807) is 6.08 Å². The first-order valence-corrected chi connectivity index (χ1v) is 8.96. The molecule has 4 heteroatoms. The van der Waals surface area contributed by atoms with E-state index >= 15 is 0 Å². The standard InChI is InChI=1S/C20H21BrN2O/c1-16-5-2-3-8-19(16)22-11-13-23(14-12-22)20(24)10-9-17-6-4-7-18(21)15-17/h2-10,15H,11-14H2,1H3/b10-9+. The van der Waals surface area contributed by atoms with Crippen LogP contribution in [-0.4, -0.2) is 37.0 Å². The number of hydrogen-bond acceptors (Lipinski definition) is 2. The van der Waals surface area contributed by atoms with E-state index in [1.165, 1.54) is 11.3 Å². The highest BCUT2D eigenvalue weighted by Gasteiger charge is 2.20. The van der Waals surface area contributed by atoms with Crippen LogP contribution in [0.2, 0.25) is 0 Å². The van der Waals surface area contributed by atoms with Gasteiger partial charge in [-0.1, -0.05) is 46.3 Å². The van der Waals surface area contributed by atoms with Crippen LogP contribution in [0, 0.1) is 6.92 Å². The van der Waals surface area contributed by atoms with Gasteiger partial charge in [0, 0.05) is 42.4 Å². The van der Waals surface area contributed by atoms with Gasteiger partial charge < -0.3 is 9.80 Å². The lowest BCUT2D eigenvalue weighted by Gasteiger charge is -2.36. The van der Waals surface area contributed by atoms with Crippen LogP contribution < -0.4 is 4.90 Å². The lowest BCUT2D eigenvalue weighted by Crippen LogP contribution is -2.48. The van der Waals surface area contributed by atoms with E-state index in [0.29, 0.717) is 0 Å². The van der Waals surface area contributed by atoms with Gasteiger partial charge >= 0.3 is 0 Å². The summed E-state index contributed by atoms with van der Waals surface area (Å²) < 4.78 is 1.02. The van der Waals surface area contributed by atoms with Crippen molar-refractivity contribution in [2.45, 2.75) is 6.92 Å². The van der Waals surface area contributed by atoms with Crippen molar-refractivity contribution in [3.8, 4) is 0 Å². The number of rotatable bonds is 3. The summed E-state index contributed by atoms with van der Waals surface area (Å²) in [6, 6.07) is 16.4. The summed E-state index contributed by atoms with van der Waals surface area (Å²) in [5.41, 5.74) is 3.58. The first-order chi connectivity index (χ1) is 11.6. The minimum Gasteiger partial charge on any atom is -0.368 e. The topological polar surface area (TPSA) is 23.6 Å². The molecule has 2 aromatic carbocycles. The number of nitrogens with zero attached hydrogens (tertiary/aromatic N) is 2. The maximum atomic E-state index is 12.4. The van der Waals surface area contributed by atoms with Crippen LogP contribution in [0.25, 0.3) is 6.08 Å². The minimum atomic E-state index is 0.0828. The maximum absolute atomic E-state index is 12.4. The summed E-state index contributed by atoms with van der Waals surface area (Å²) in [5.74, 6) is 0.0828. The number of carbonyl (C=O) groups is 1. The Kier molecular flexibility index (Phi) is 5.36. The Labute approximate surface area is 151 Å². The molecule has 1 aliphatic heterocycles.